The summed E-state index contributed by atoms with van der Waals surface area (Å²) in [6.07, 6.45) is 0.649. The number of hydrogen-bond donors (Lipinski definition) is 1. The summed E-state index contributed by atoms with van der Waals surface area (Å²) in [4.78, 5) is 0. The lowest BCUT2D eigenvalue weighted by Crippen LogP contribution is -1.99. The van der Waals surface area contributed by atoms with Gasteiger partial charge in [-0.1, -0.05) is 30.3 Å². The molecule has 3 aromatic rings. The third-order valence-corrected chi connectivity index (χ3v) is 3.24. The molecular weight excluding hydrogens is 278 g/mol. The minimum Gasteiger partial charge on any atom is -0.497 e. The number of hydrogen-bond acceptors (Lipinski definition) is 5. The van der Waals surface area contributed by atoms with Gasteiger partial charge in [0.25, 0.3) is 0 Å². The molecule has 0 bridgehead atoms. The molecule has 22 heavy (non-hydrogen) atoms. The van der Waals surface area contributed by atoms with E-state index in [2.05, 4.69) is 15.5 Å². The second-order valence-corrected chi connectivity index (χ2v) is 4.83. The fourth-order valence-corrected chi connectivity index (χ4v) is 2.09. The molecule has 112 valence electrons. The number of nitrogens with zero attached hydrogens (tertiary/aromatic N) is 2. The zero-order chi connectivity index (χ0) is 15.2. The van der Waals surface area contributed by atoms with Gasteiger partial charge in [0.05, 0.1) is 20.1 Å². The predicted octanol–water partition coefficient (Wildman–Crippen LogP) is 3.28. The smallest absolute Gasteiger partial charge is 0.235 e. The van der Waals surface area contributed by atoms with E-state index in [0.29, 0.717) is 24.7 Å². The van der Waals surface area contributed by atoms with Gasteiger partial charge in [-0.05, 0) is 29.8 Å². The van der Waals surface area contributed by atoms with Crippen molar-refractivity contribution in [3.63, 3.8) is 0 Å². The highest BCUT2D eigenvalue weighted by molar-refractivity contribution is 5.46. The third kappa shape index (κ3) is 3.63. The Hall–Kier alpha value is -2.82. The SMILES string of the molecule is COc1ccc(NCc2nnc(Cc3ccccc3)o2)cc1. The molecule has 0 saturated heterocycles. The van der Waals surface area contributed by atoms with Crippen LogP contribution < -0.4 is 10.1 Å². The van der Waals surface area contributed by atoms with Crippen LogP contribution in [-0.4, -0.2) is 17.3 Å². The van der Waals surface area contributed by atoms with Gasteiger partial charge in [0.2, 0.25) is 11.8 Å². The van der Waals surface area contributed by atoms with E-state index in [1.807, 2.05) is 54.6 Å². The molecule has 5 heteroatoms. The maximum absolute atomic E-state index is 5.64. The zero-order valence-electron chi connectivity index (χ0n) is 12.3. The Bertz CT molecular complexity index is 708. The number of aromatic nitrogens is 2. The minimum atomic E-state index is 0.494. The minimum absolute atomic E-state index is 0.494. The van der Waals surface area contributed by atoms with Gasteiger partial charge >= 0.3 is 0 Å². The van der Waals surface area contributed by atoms with Gasteiger partial charge in [-0.15, -0.1) is 10.2 Å². The number of rotatable bonds is 6. The van der Waals surface area contributed by atoms with Crippen LogP contribution in [-0.2, 0) is 13.0 Å². The Labute approximate surface area is 129 Å². The van der Waals surface area contributed by atoms with Crippen LogP contribution in [0.5, 0.6) is 5.75 Å². The van der Waals surface area contributed by atoms with E-state index in [1.165, 1.54) is 0 Å². The molecule has 0 aliphatic carbocycles. The first-order chi connectivity index (χ1) is 10.8. The highest BCUT2D eigenvalue weighted by Gasteiger charge is 2.06. The van der Waals surface area contributed by atoms with E-state index in [4.69, 9.17) is 9.15 Å². The fraction of sp³-hybridized carbons (Fsp3) is 0.176. The number of benzene rings is 2. The average Bonchev–Trinajstić information content (AvgIpc) is 3.02. The molecule has 2 aromatic carbocycles. The van der Waals surface area contributed by atoms with E-state index in [1.54, 1.807) is 7.11 Å². The molecule has 0 atom stereocenters. The highest BCUT2D eigenvalue weighted by Crippen LogP contribution is 2.16. The van der Waals surface area contributed by atoms with E-state index >= 15 is 0 Å². The fourth-order valence-electron chi connectivity index (χ4n) is 2.09. The van der Waals surface area contributed by atoms with Gasteiger partial charge < -0.3 is 14.5 Å². The van der Waals surface area contributed by atoms with Gasteiger partial charge in [-0.2, -0.15) is 0 Å². The summed E-state index contributed by atoms with van der Waals surface area (Å²) >= 11 is 0. The molecule has 0 aliphatic rings. The van der Waals surface area contributed by atoms with Crippen molar-refractivity contribution in [2.24, 2.45) is 0 Å². The normalized spacial score (nSPS) is 10.4. The zero-order valence-corrected chi connectivity index (χ0v) is 12.3. The van der Waals surface area contributed by atoms with Crippen molar-refractivity contribution in [2.45, 2.75) is 13.0 Å². The van der Waals surface area contributed by atoms with E-state index in [0.717, 1.165) is 17.0 Å². The summed E-state index contributed by atoms with van der Waals surface area (Å²) < 4.78 is 10.8. The van der Waals surface area contributed by atoms with Crippen molar-refractivity contribution < 1.29 is 9.15 Å². The molecule has 0 amide bonds. The lowest BCUT2D eigenvalue weighted by molar-refractivity contribution is 0.415. The molecule has 0 saturated carbocycles. The first-order valence-corrected chi connectivity index (χ1v) is 7.06. The van der Waals surface area contributed by atoms with Crippen LogP contribution in [0, 0.1) is 0 Å². The van der Waals surface area contributed by atoms with Gasteiger partial charge in [0.15, 0.2) is 0 Å². The Morgan fingerprint density at radius 3 is 2.41 bits per heavy atom. The van der Waals surface area contributed by atoms with Crippen LogP contribution in [0.4, 0.5) is 5.69 Å². The lowest BCUT2D eigenvalue weighted by atomic mass is 10.2. The average molecular weight is 295 g/mol. The molecule has 1 N–H and O–H groups in total. The summed E-state index contributed by atoms with van der Waals surface area (Å²) in [5.41, 5.74) is 2.13. The van der Waals surface area contributed by atoms with Crippen LogP contribution in [0.15, 0.2) is 59.0 Å². The summed E-state index contributed by atoms with van der Waals surface area (Å²) in [6.45, 7) is 0.494. The van der Waals surface area contributed by atoms with E-state index in [-0.39, 0.29) is 0 Å². The van der Waals surface area contributed by atoms with Crippen molar-refractivity contribution in [1.82, 2.24) is 10.2 Å². The van der Waals surface area contributed by atoms with Crippen LogP contribution >= 0.6 is 0 Å². The predicted molar refractivity (Wildman–Crippen MR) is 83.9 cm³/mol. The van der Waals surface area contributed by atoms with Gasteiger partial charge in [-0.25, -0.2) is 0 Å². The van der Waals surface area contributed by atoms with Crippen molar-refractivity contribution in [2.75, 3.05) is 12.4 Å². The number of nitrogens with one attached hydrogen (secondary N) is 1. The number of methoxy groups -OCH3 is 1. The molecule has 5 nitrogen and oxygen atoms in total. The molecule has 3 rings (SSSR count). The highest BCUT2D eigenvalue weighted by atomic mass is 16.5. The molecule has 0 unspecified atom stereocenters. The van der Waals surface area contributed by atoms with Crippen molar-refractivity contribution in [3.8, 4) is 5.75 Å². The Morgan fingerprint density at radius 2 is 1.68 bits per heavy atom. The number of anilines is 1. The van der Waals surface area contributed by atoms with Gasteiger partial charge in [-0.3, -0.25) is 0 Å². The topological polar surface area (TPSA) is 60.2 Å². The van der Waals surface area contributed by atoms with Crippen molar-refractivity contribution in [1.29, 1.82) is 0 Å². The maximum Gasteiger partial charge on any atom is 0.235 e. The molecule has 1 heterocycles. The monoisotopic (exact) mass is 295 g/mol. The summed E-state index contributed by atoms with van der Waals surface area (Å²) in [5.74, 6) is 2.02. The molecular formula is C17H17N3O2. The standard InChI is InChI=1S/C17H17N3O2/c1-21-15-9-7-14(8-10-15)18-12-17-20-19-16(22-17)11-13-5-3-2-4-6-13/h2-10,18H,11-12H2,1H3. The quantitative estimate of drug-likeness (QED) is 0.756. The van der Waals surface area contributed by atoms with Gasteiger partial charge in [0, 0.05) is 5.69 Å². The Balaban J connectivity index is 1.57. The van der Waals surface area contributed by atoms with E-state index < -0.39 is 0 Å². The first-order valence-electron chi connectivity index (χ1n) is 7.06. The molecule has 0 fully saturated rings. The Kier molecular flexibility index (Phi) is 4.34. The summed E-state index contributed by atoms with van der Waals surface area (Å²) in [6, 6.07) is 17.8. The second kappa shape index (κ2) is 6.76. The molecule has 0 aliphatic heterocycles. The lowest BCUT2D eigenvalue weighted by Gasteiger charge is -2.04. The second-order valence-electron chi connectivity index (χ2n) is 4.83. The molecule has 0 spiro atoms. The van der Waals surface area contributed by atoms with Crippen molar-refractivity contribution >= 4 is 5.69 Å². The largest absolute Gasteiger partial charge is 0.497 e. The first kappa shape index (κ1) is 14.1. The number of ether oxygens (including phenoxy) is 1. The summed E-state index contributed by atoms with van der Waals surface area (Å²) in [5, 5.41) is 11.4. The van der Waals surface area contributed by atoms with Gasteiger partial charge in [0.1, 0.15) is 5.75 Å². The van der Waals surface area contributed by atoms with E-state index in [9.17, 15) is 0 Å². The molecule has 0 radical (unpaired) electrons. The van der Waals surface area contributed by atoms with Crippen LogP contribution in [0.2, 0.25) is 0 Å². The van der Waals surface area contributed by atoms with Crippen LogP contribution in [0.3, 0.4) is 0 Å². The summed E-state index contributed by atoms with van der Waals surface area (Å²) in [7, 11) is 1.65. The van der Waals surface area contributed by atoms with Crippen molar-refractivity contribution in [3.05, 3.63) is 71.9 Å². The maximum atomic E-state index is 5.64. The van der Waals surface area contributed by atoms with Crippen LogP contribution in [0.25, 0.3) is 0 Å². The third-order valence-electron chi connectivity index (χ3n) is 3.24. The van der Waals surface area contributed by atoms with Crippen LogP contribution in [0.1, 0.15) is 17.3 Å². The Morgan fingerprint density at radius 1 is 0.955 bits per heavy atom. The molecule has 1 aromatic heterocycles.